The van der Waals surface area contributed by atoms with Gasteiger partial charge in [0.25, 0.3) is 0 Å². The van der Waals surface area contributed by atoms with Crippen LogP contribution in [0.25, 0.3) is 0 Å². The summed E-state index contributed by atoms with van der Waals surface area (Å²) in [6, 6.07) is 8.26. The van der Waals surface area contributed by atoms with E-state index in [2.05, 4.69) is 47.2 Å². The number of hydrogen-bond donors (Lipinski definition) is 1. The van der Waals surface area contributed by atoms with E-state index in [4.69, 9.17) is 0 Å². The van der Waals surface area contributed by atoms with Gasteiger partial charge < -0.3 is 5.32 Å². The summed E-state index contributed by atoms with van der Waals surface area (Å²) in [7, 11) is 1.69. The smallest absolute Gasteiger partial charge is 0.220 e. The molecular formula is C14H20BrNO. The summed E-state index contributed by atoms with van der Waals surface area (Å²) in [5.74, 6) is 1.01. The molecule has 17 heavy (non-hydrogen) atoms. The fourth-order valence-corrected chi connectivity index (χ4v) is 2.23. The van der Waals surface area contributed by atoms with Crippen molar-refractivity contribution in [3.63, 3.8) is 0 Å². The number of halogens is 1. The zero-order valence-corrected chi connectivity index (χ0v) is 12.3. The molecule has 94 valence electrons. The summed E-state index contributed by atoms with van der Waals surface area (Å²) in [5.41, 5.74) is 1.24. The van der Waals surface area contributed by atoms with E-state index in [1.807, 2.05) is 12.1 Å². The van der Waals surface area contributed by atoms with Gasteiger partial charge in [-0.1, -0.05) is 41.9 Å². The maximum Gasteiger partial charge on any atom is 0.220 e. The van der Waals surface area contributed by atoms with Crippen LogP contribution in [-0.4, -0.2) is 13.0 Å². The molecule has 1 aromatic rings. The third kappa shape index (κ3) is 4.90. The molecule has 1 rings (SSSR count). The summed E-state index contributed by atoms with van der Waals surface area (Å²) in [4.78, 5) is 11.5. The van der Waals surface area contributed by atoms with Gasteiger partial charge in [0.15, 0.2) is 0 Å². The van der Waals surface area contributed by atoms with Crippen molar-refractivity contribution < 1.29 is 4.79 Å². The third-order valence-corrected chi connectivity index (χ3v) is 3.34. The highest BCUT2D eigenvalue weighted by Crippen LogP contribution is 2.28. The minimum atomic E-state index is 0.110. The second kappa shape index (κ2) is 6.80. The number of benzene rings is 1. The lowest BCUT2D eigenvalue weighted by atomic mass is 9.87. The predicted octanol–water partition coefficient (Wildman–Crippen LogP) is 3.71. The molecule has 0 aliphatic heterocycles. The van der Waals surface area contributed by atoms with Gasteiger partial charge in [-0.25, -0.2) is 0 Å². The number of carbonyl (C=O) groups is 1. The van der Waals surface area contributed by atoms with Gasteiger partial charge in [0, 0.05) is 17.9 Å². The summed E-state index contributed by atoms with van der Waals surface area (Å²) in [5, 5.41) is 2.70. The quantitative estimate of drug-likeness (QED) is 0.882. The molecule has 0 bridgehead atoms. The lowest BCUT2D eigenvalue weighted by Gasteiger charge is -2.18. The minimum Gasteiger partial charge on any atom is -0.359 e. The topological polar surface area (TPSA) is 29.1 Å². The first-order valence-electron chi connectivity index (χ1n) is 5.99. The lowest BCUT2D eigenvalue weighted by molar-refractivity contribution is -0.121. The molecule has 0 saturated carbocycles. The average Bonchev–Trinajstić information content (AvgIpc) is 2.28. The molecule has 3 heteroatoms. The molecule has 0 radical (unpaired) electrons. The molecule has 2 nitrogen and oxygen atoms in total. The van der Waals surface area contributed by atoms with Crippen molar-refractivity contribution in [1.82, 2.24) is 5.32 Å². The largest absolute Gasteiger partial charge is 0.359 e. The van der Waals surface area contributed by atoms with Crippen LogP contribution in [0, 0.1) is 5.92 Å². The molecule has 1 aromatic carbocycles. The second-order valence-electron chi connectivity index (χ2n) is 4.76. The summed E-state index contributed by atoms with van der Waals surface area (Å²) in [6.45, 7) is 4.38. The van der Waals surface area contributed by atoms with Gasteiger partial charge in [-0.15, -0.1) is 0 Å². The van der Waals surface area contributed by atoms with E-state index in [1.165, 1.54) is 5.56 Å². The van der Waals surface area contributed by atoms with Crippen LogP contribution in [0.4, 0.5) is 0 Å². The van der Waals surface area contributed by atoms with E-state index in [-0.39, 0.29) is 5.91 Å². The normalized spacial score (nSPS) is 12.5. The van der Waals surface area contributed by atoms with Crippen LogP contribution < -0.4 is 5.32 Å². The van der Waals surface area contributed by atoms with Crippen molar-refractivity contribution in [2.24, 2.45) is 5.92 Å². The predicted molar refractivity (Wildman–Crippen MR) is 75.0 cm³/mol. The summed E-state index contributed by atoms with van der Waals surface area (Å²) in [6.07, 6.45) is 1.60. The SMILES string of the molecule is CNC(=O)CC(CC(C)C)c1ccc(Br)cc1. The highest BCUT2D eigenvalue weighted by Gasteiger charge is 2.16. The van der Waals surface area contributed by atoms with Gasteiger partial charge >= 0.3 is 0 Å². The Morgan fingerprint density at radius 2 is 1.88 bits per heavy atom. The molecule has 0 spiro atoms. The van der Waals surface area contributed by atoms with Crippen molar-refractivity contribution >= 4 is 21.8 Å². The average molecular weight is 298 g/mol. The minimum absolute atomic E-state index is 0.110. The van der Waals surface area contributed by atoms with Crippen LogP contribution in [0.1, 0.15) is 38.2 Å². The highest BCUT2D eigenvalue weighted by atomic mass is 79.9. The first-order chi connectivity index (χ1) is 8.02. The molecule has 0 aromatic heterocycles. The lowest BCUT2D eigenvalue weighted by Crippen LogP contribution is -2.21. The van der Waals surface area contributed by atoms with E-state index >= 15 is 0 Å². The van der Waals surface area contributed by atoms with Crippen LogP contribution in [0.2, 0.25) is 0 Å². The van der Waals surface area contributed by atoms with E-state index in [1.54, 1.807) is 7.05 Å². The Labute approximate surface area is 112 Å². The molecule has 1 amide bonds. The van der Waals surface area contributed by atoms with Crippen molar-refractivity contribution in [2.75, 3.05) is 7.05 Å². The van der Waals surface area contributed by atoms with Crippen LogP contribution in [0.15, 0.2) is 28.7 Å². The van der Waals surface area contributed by atoms with Gasteiger partial charge in [-0.2, -0.15) is 0 Å². The molecule has 1 atom stereocenters. The molecule has 0 saturated heterocycles. The maximum absolute atomic E-state index is 11.5. The molecule has 0 aliphatic carbocycles. The van der Waals surface area contributed by atoms with Gasteiger partial charge in [0.1, 0.15) is 0 Å². The van der Waals surface area contributed by atoms with E-state index < -0.39 is 0 Å². The Balaban J connectivity index is 2.81. The van der Waals surface area contributed by atoms with Crippen molar-refractivity contribution in [1.29, 1.82) is 0 Å². The Morgan fingerprint density at radius 1 is 1.29 bits per heavy atom. The van der Waals surface area contributed by atoms with Crippen LogP contribution in [0.3, 0.4) is 0 Å². The Kier molecular flexibility index (Phi) is 5.69. The van der Waals surface area contributed by atoms with Crippen LogP contribution in [0.5, 0.6) is 0 Å². The summed E-state index contributed by atoms with van der Waals surface area (Å²) >= 11 is 3.43. The zero-order chi connectivity index (χ0) is 12.8. The van der Waals surface area contributed by atoms with Crippen molar-refractivity contribution in [2.45, 2.75) is 32.6 Å². The standard InChI is InChI=1S/C14H20BrNO/c1-10(2)8-12(9-14(17)16-3)11-4-6-13(15)7-5-11/h4-7,10,12H,8-9H2,1-3H3,(H,16,17). The molecular weight excluding hydrogens is 278 g/mol. The van der Waals surface area contributed by atoms with Gasteiger partial charge in [0.05, 0.1) is 0 Å². The van der Waals surface area contributed by atoms with Crippen molar-refractivity contribution in [3.8, 4) is 0 Å². The zero-order valence-electron chi connectivity index (χ0n) is 10.7. The number of carbonyl (C=O) groups excluding carboxylic acids is 1. The molecule has 0 aliphatic rings. The number of amides is 1. The van der Waals surface area contributed by atoms with E-state index in [9.17, 15) is 4.79 Å². The van der Waals surface area contributed by atoms with Crippen LogP contribution >= 0.6 is 15.9 Å². The number of hydrogen-bond acceptors (Lipinski definition) is 1. The highest BCUT2D eigenvalue weighted by molar-refractivity contribution is 9.10. The van der Waals surface area contributed by atoms with Crippen molar-refractivity contribution in [3.05, 3.63) is 34.3 Å². The first-order valence-corrected chi connectivity index (χ1v) is 6.78. The summed E-state index contributed by atoms with van der Waals surface area (Å²) < 4.78 is 1.07. The third-order valence-electron chi connectivity index (χ3n) is 2.81. The second-order valence-corrected chi connectivity index (χ2v) is 5.67. The van der Waals surface area contributed by atoms with Gasteiger partial charge in [-0.05, 0) is 36.0 Å². The molecule has 0 heterocycles. The first kappa shape index (κ1) is 14.2. The fourth-order valence-electron chi connectivity index (χ4n) is 1.97. The fraction of sp³-hybridized carbons (Fsp3) is 0.500. The molecule has 1 unspecified atom stereocenters. The van der Waals surface area contributed by atoms with E-state index in [0.717, 1.165) is 10.9 Å². The maximum atomic E-state index is 11.5. The van der Waals surface area contributed by atoms with Gasteiger partial charge in [0.2, 0.25) is 5.91 Å². The molecule has 0 fully saturated rings. The Morgan fingerprint density at radius 3 is 2.35 bits per heavy atom. The van der Waals surface area contributed by atoms with Crippen LogP contribution in [-0.2, 0) is 4.79 Å². The Bertz CT molecular complexity index is 359. The van der Waals surface area contributed by atoms with Gasteiger partial charge in [-0.3, -0.25) is 4.79 Å². The number of rotatable bonds is 5. The number of nitrogens with one attached hydrogen (secondary N) is 1. The van der Waals surface area contributed by atoms with E-state index in [0.29, 0.717) is 18.3 Å². The molecule has 1 N–H and O–H groups in total. The monoisotopic (exact) mass is 297 g/mol. The Hall–Kier alpha value is -0.830.